The van der Waals surface area contributed by atoms with E-state index >= 15 is 0 Å². The third kappa shape index (κ3) is 2.82. The number of rotatable bonds is 1. The highest BCUT2D eigenvalue weighted by atomic mass is 16.7. The van der Waals surface area contributed by atoms with Gasteiger partial charge in [-0.3, -0.25) is 9.59 Å². The second-order valence-electron chi connectivity index (χ2n) is 13.1. The smallest absolute Gasteiger partial charge is 0.171 e. The average molecular weight is 459 g/mol. The number of hydrogen-bond acceptors (Lipinski definition) is 5. The Labute approximate surface area is 198 Å². The van der Waals surface area contributed by atoms with Crippen molar-refractivity contribution in [3.8, 4) is 0 Å². The number of carbonyl (C=O) groups excluding carboxylic acids is 2. The van der Waals surface area contributed by atoms with Crippen molar-refractivity contribution < 1.29 is 24.2 Å². The molecule has 2 saturated heterocycles. The first kappa shape index (κ1) is 22.7. The molecule has 12 atom stereocenters. The molecule has 2 heterocycles. The summed E-state index contributed by atoms with van der Waals surface area (Å²) in [7, 11) is 0. The maximum Gasteiger partial charge on any atom is 0.171 e. The molecule has 1 N–H and O–H groups in total. The summed E-state index contributed by atoms with van der Waals surface area (Å²) in [4.78, 5) is 25.8. The van der Waals surface area contributed by atoms with E-state index < -0.39 is 17.3 Å². The van der Waals surface area contributed by atoms with Crippen molar-refractivity contribution in [2.45, 2.75) is 103 Å². The van der Waals surface area contributed by atoms with Crippen LogP contribution in [0.15, 0.2) is 0 Å². The van der Waals surface area contributed by atoms with Crippen LogP contribution < -0.4 is 0 Å². The van der Waals surface area contributed by atoms with Crippen molar-refractivity contribution in [1.82, 2.24) is 0 Å². The molecule has 0 radical (unpaired) electrons. The normalized spacial score (nSPS) is 57.8. The summed E-state index contributed by atoms with van der Waals surface area (Å²) >= 11 is 0. The predicted molar refractivity (Wildman–Crippen MR) is 123 cm³/mol. The number of aliphatic hydroxyl groups is 1. The highest BCUT2D eigenvalue weighted by Crippen LogP contribution is 2.71. The van der Waals surface area contributed by atoms with Crippen molar-refractivity contribution in [3.05, 3.63) is 0 Å². The molecule has 2 aliphatic heterocycles. The van der Waals surface area contributed by atoms with E-state index in [1.165, 1.54) is 0 Å². The molecule has 6 fully saturated rings. The lowest BCUT2D eigenvalue weighted by molar-refractivity contribution is -0.274. The average Bonchev–Trinajstić information content (AvgIpc) is 3.24. The Morgan fingerprint density at radius 2 is 1.88 bits per heavy atom. The molecule has 5 heteroatoms. The van der Waals surface area contributed by atoms with Gasteiger partial charge in [-0.25, -0.2) is 0 Å². The second-order valence-corrected chi connectivity index (χ2v) is 13.1. The van der Waals surface area contributed by atoms with Crippen LogP contribution in [0, 0.1) is 52.3 Å². The highest BCUT2D eigenvalue weighted by Gasteiger charge is 2.74. The fourth-order valence-electron chi connectivity index (χ4n) is 10.3. The molecule has 0 aromatic heterocycles. The molecule has 0 aromatic rings. The lowest BCUT2D eigenvalue weighted by atomic mass is 9.43. The number of fused-ring (bicyclic) bond motifs is 7. The van der Waals surface area contributed by atoms with Crippen LogP contribution in [0.5, 0.6) is 0 Å². The minimum atomic E-state index is -0.713. The predicted octanol–water partition coefficient (Wildman–Crippen LogP) is 4.54. The molecule has 0 bridgehead atoms. The number of aliphatic hydroxyl groups excluding tert-OH is 1. The summed E-state index contributed by atoms with van der Waals surface area (Å²) in [6, 6.07) is 0. The molecule has 6 aliphatic rings. The summed E-state index contributed by atoms with van der Waals surface area (Å²) in [5.41, 5.74) is -0.608. The van der Waals surface area contributed by atoms with Gasteiger partial charge in [-0.1, -0.05) is 20.8 Å². The van der Waals surface area contributed by atoms with Crippen molar-refractivity contribution in [1.29, 1.82) is 0 Å². The largest absolute Gasteiger partial charge is 0.392 e. The molecule has 0 aromatic carbocycles. The third-order valence-corrected chi connectivity index (χ3v) is 11.9. The van der Waals surface area contributed by atoms with Crippen molar-refractivity contribution >= 4 is 11.6 Å². The van der Waals surface area contributed by atoms with Crippen molar-refractivity contribution in [2.24, 2.45) is 52.3 Å². The van der Waals surface area contributed by atoms with Gasteiger partial charge in [0, 0.05) is 31.1 Å². The van der Waals surface area contributed by atoms with E-state index in [1.807, 2.05) is 0 Å². The molecule has 1 spiro atoms. The first-order valence-corrected chi connectivity index (χ1v) is 13.7. The Morgan fingerprint density at radius 1 is 1.09 bits per heavy atom. The molecule has 6 rings (SSSR count). The first-order chi connectivity index (χ1) is 15.6. The maximum atomic E-state index is 13.6. The Morgan fingerprint density at radius 3 is 2.58 bits per heavy atom. The molecule has 7 unspecified atom stereocenters. The lowest BCUT2D eigenvalue weighted by Gasteiger charge is -2.62. The molecule has 4 saturated carbocycles. The van der Waals surface area contributed by atoms with Crippen molar-refractivity contribution in [3.63, 3.8) is 0 Å². The summed E-state index contributed by atoms with van der Waals surface area (Å²) in [5.74, 6) is 2.12. The topological polar surface area (TPSA) is 72.8 Å². The number of ketones is 2. The molecular weight excluding hydrogens is 416 g/mol. The second kappa shape index (κ2) is 7.36. The highest BCUT2D eigenvalue weighted by molar-refractivity contribution is 5.85. The van der Waals surface area contributed by atoms with Crippen LogP contribution in [0.1, 0.15) is 85.5 Å². The van der Waals surface area contributed by atoms with Gasteiger partial charge in [-0.15, -0.1) is 0 Å². The standard InChI is InChI=1S/C28H42O5/c1-15-7-10-27(32-14-15)16(2)25-23(33-27)12-22-20-6-5-18-11-19(30)8-9-26(18,4)21(20)13-24(31)28(22,25)17(3)29/h15-16,18,20-25,31H,5-14H2,1-4H3/t15?,16-,18-,20?,21?,22?,23?,24-,25?,26-,27?,28+/m0/s1. The van der Waals surface area contributed by atoms with Crippen LogP contribution in [-0.4, -0.2) is 41.3 Å². The van der Waals surface area contributed by atoms with Gasteiger partial charge in [0.1, 0.15) is 11.6 Å². The summed E-state index contributed by atoms with van der Waals surface area (Å²) in [6.07, 6.45) is 7.40. The Bertz CT molecular complexity index is 845. The van der Waals surface area contributed by atoms with Gasteiger partial charge in [0.25, 0.3) is 0 Å². The third-order valence-electron chi connectivity index (χ3n) is 11.9. The Balaban J connectivity index is 1.36. The van der Waals surface area contributed by atoms with Crippen LogP contribution in [0.2, 0.25) is 0 Å². The van der Waals surface area contributed by atoms with Crippen LogP contribution in [0.3, 0.4) is 0 Å². The molecule has 184 valence electrons. The number of hydrogen-bond donors (Lipinski definition) is 1. The quantitative estimate of drug-likeness (QED) is 0.624. The van der Waals surface area contributed by atoms with Crippen molar-refractivity contribution in [2.75, 3.05) is 6.61 Å². The summed E-state index contributed by atoms with van der Waals surface area (Å²) in [6.45, 7) is 9.27. The van der Waals surface area contributed by atoms with Gasteiger partial charge in [0.15, 0.2) is 5.79 Å². The van der Waals surface area contributed by atoms with Gasteiger partial charge < -0.3 is 14.6 Å². The van der Waals surface area contributed by atoms with Gasteiger partial charge in [0.2, 0.25) is 0 Å². The zero-order valence-corrected chi connectivity index (χ0v) is 20.8. The van der Waals surface area contributed by atoms with Gasteiger partial charge in [-0.2, -0.15) is 0 Å². The van der Waals surface area contributed by atoms with Crippen LogP contribution in [0.25, 0.3) is 0 Å². The Hall–Kier alpha value is -0.780. The minimum Gasteiger partial charge on any atom is -0.392 e. The molecule has 5 nitrogen and oxygen atoms in total. The minimum absolute atomic E-state index is 0.00540. The van der Waals surface area contributed by atoms with Crippen LogP contribution >= 0.6 is 0 Å². The first-order valence-electron chi connectivity index (χ1n) is 13.7. The van der Waals surface area contributed by atoms with Gasteiger partial charge >= 0.3 is 0 Å². The fraction of sp³-hybridized carbons (Fsp3) is 0.929. The van der Waals surface area contributed by atoms with E-state index in [-0.39, 0.29) is 35.1 Å². The molecule has 4 aliphatic carbocycles. The van der Waals surface area contributed by atoms with E-state index in [1.54, 1.807) is 6.92 Å². The fourth-order valence-corrected chi connectivity index (χ4v) is 10.3. The SMILES string of the molecule is CC(=O)[C@]12C(CC3OC4(CCC(C)CO4)[C@@H](C)C31)C1CC[C@H]3CC(=O)CC[C@]3(C)C1C[C@@H]2O. The summed E-state index contributed by atoms with van der Waals surface area (Å²) < 4.78 is 13.2. The van der Waals surface area contributed by atoms with E-state index in [9.17, 15) is 14.7 Å². The number of Topliss-reactive ketones (excluding diaryl/α,β-unsaturated/α-hetero) is 2. The van der Waals surface area contributed by atoms with Crippen LogP contribution in [0.4, 0.5) is 0 Å². The Kier molecular flexibility index (Phi) is 5.06. The zero-order chi connectivity index (χ0) is 23.3. The summed E-state index contributed by atoms with van der Waals surface area (Å²) in [5, 5.41) is 11.9. The van der Waals surface area contributed by atoms with E-state index in [0.717, 1.165) is 38.5 Å². The molecule has 33 heavy (non-hydrogen) atoms. The van der Waals surface area contributed by atoms with E-state index in [2.05, 4.69) is 20.8 Å². The van der Waals surface area contributed by atoms with E-state index in [4.69, 9.17) is 9.47 Å². The monoisotopic (exact) mass is 458 g/mol. The van der Waals surface area contributed by atoms with Gasteiger partial charge in [0.05, 0.1) is 24.2 Å². The number of carbonyl (C=O) groups is 2. The van der Waals surface area contributed by atoms with E-state index in [0.29, 0.717) is 55.3 Å². The number of ether oxygens (including phenoxy) is 2. The maximum absolute atomic E-state index is 13.6. The zero-order valence-electron chi connectivity index (χ0n) is 20.8. The van der Waals surface area contributed by atoms with Crippen LogP contribution in [-0.2, 0) is 19.1 Å². The molecular formula is C28H42O5. The lowest BCUT2D eigenvalue weighted by Crippen LogP contribution is -2.62. The van der Waals surface area contributed by atoms with Gasteiger partial charge in [-0.05, 0) is 80.5 Å². The molecule has 0 amide bonds.